The van der Waals surface area contributed by atoms with Gasteiger partial charge in [-0.1, -0.05) is 6.92 Å². The van der Waals surface area contributed by atoms with E-state index in [9.17, 15) is 4.79 Å². The van der Waals surface area contributed by atoms with Crippen molar-refractivity contribution in [3.05, 3.63) is 35.5 Å². The van der Waals surface area contributed by atoms with E-state index in [1.807, 2.05) is 13.8 Å². The standard InChI is InChI=1S/C12H12N2O3/c1-3-10-9(12(15)16)6-13-11(14-10)8-4-5-17-7(8)2/h4-6H,3H2,1-2H3,(H,15,16). The number of furan rings is 1. The molecule has 2 aromatic heterocycles. The number of carboxylic acid groups (broad SMARTS) is 1. The molecule has 1 N–H and O–H groups in total. The van der Waals surface area contributed by atoms with Gasteiger partial charge in [0.1, 0.15) is 5.76 Å². The minimum Gasteiger partial charge on any atom is -0.478 e. The van der Waals surface area contributed by atoms with Gasteiger partial charge in [0, 0.05) is 6.20 Å². The van der Waals surface area contributed by atoms with Crippen LogP contribution in [0, 0.1) is 6.92 Å². The molecular formula is C12H12N2O3. The minimum absolute atomic E-state index is 0.150. The molecule has 0 unspecified atom stereocenters. The smallest absolute Gasteiger partial charge is 0.339 e. The average molecular weight is 232 g/mol. The highest BCUT2D eigenvalue weighted by atomic mass is 16.4. The predicted molar refractivity (Wildman–Crippen MR) is 60.8 cm³/mol. The summed E-state index contributed by atoms with van der Waals surface area (Å²) in [7, 11) is 0. The normalized spacial score (nSPS) is 10.5. The van der Waals surface area contributed by atoms with Crippen LogP contribution in [0.3, 0.4) is 0 Å². The van der Waals surface area contributed by atoms with E-state index in [4.69, 9.17) is 9.52 Å². The van der Waals surface area contributed by atoms with Crippen LogP contribution in [0.1, 0.15) is 28.7 Å². The van der Waals surface area contributed by atoms with Crippen molar-refractivity contribution in [2.45, 2.75) is 20.3 Å². The molecule has 5 nitrogen and oxygen atoms in total. The van der Waals surface area contributed by atoms with Crippen LogP contribution < -0.4 is 0 Å². The number of aryl methyl sites for hydroxylation is 2. The van der Waals surface area contributed by atoms with Crippen molar-refractivity contribution in [2.75, 3.05) is 0 Å². The Morgan fingerprint density at radius 2 is 2.29 bits per heavy atom. The molecule has 0 aliphatic carbocycles. The zero-order valence-corrected chi connectivity index (χ0v) is 9.60. The van der Waals surface area contributed by atoms with E-state index in [0.717, 1.165) is 11.3 Å². The molecule has 0 bridgehead atoms. The molecule has 0 radical (unpaired) electrons. The van der Waals surface area contributed by atoms with Crippen LogP contribution in [-0.4, -0.2) is 21.0 Å². The minimum atomic E-state index is -1.00. The molecule has 0 atom stereocenters. The highest BCUT2D eigenvalue weighted by molar-refractivity contribution is 5.88. The first kappa shape index (κ1) is 11.3. The summed E-state index contributed by atoms with van der Waals surface area (Å²) in [5.74, 6) is 0.213. The highest BCUT2D eigenvalue weighted by Gasteiger charge is 2.14. The van der Waals surface area contributed by atoms with Gasteiger partial charge in [0.2, 0.25) is 0 Å². The fraction of sp³-hybridized carbons (Fsp3) is 0.250. The second-order valence-corrected chi connectivity index (χ2v) is 3.60. The fourth-order valence-electron chi connectivity index (χ4n) is 1.61. The Hall–Kier alpha value is -2.17. The van der Waals surface area contributed by atoms with Crippen molar-refractivity contribution < 1.29 is 14.3 Å². The largest absolute Gasteiger partial charge is 0.478 e. The molecule has 0 aliphatic heterocycles. The molecule has 5 heteroatoms. The number of carboxylic acids is 1. The summed E-state index contributed by atoms with van der Waals surface area (Å²) >= 11 is 0. The maximum Gasteiger partial charge on any atom is 0.339 e. The van der Waals surface area contributed by atoms with Crippen molar-refractivity contribution in [3.63, 3.8) is 0 Å². The van der Waals surface area contributed by atoms with Crippen LogP contribution in [-0.2, 0) is 6.42 Å². The molecular weight excluding hydrogens is 220 g/mol. The Kier molecular flexibility index (Phi) is 2.91. The number of nitrogens with zero attached hydrogens (tertiary/aromatic N) is 2. The second-order valence-electron chi connectivity index (χ2n) is 3.60. The Morgan fingerprint density at radius 3 is 2.82 bits per heavy atom. The molecule has 17 heavy (non-hydrogen) atoms. The molecule has 2 heterocycles. The summed E-state index contributed by atoms with van der Waals surface area (Å²) in [6.45, 7) is 3.68. The predicted octanol–water partition coefficient (Wildman–Crippen LogP) is 2.31. The Labute approximate surface area is 98.1 Å². The molecule has 0 aromatic carbocycles. The fourth-order valence-corrected chi connectivity index (χ4v) is 1.61. The maximum absolute atomic E-state index is 10.9. The van der Waals surface area contributed by atoms with Crippen LogP contribution >= 0.6 is 0 Å². The topological polar surface area (TPSA) is 76.2 Å². The first-order valence-electron chi connectivity index (χ1n) is 5.27. The molecule has 0 saturated heterocycles. The zero-order valence-electron chi connectivity index (χ0n) is 9.60. The molecule has 2 rings (SSSR count). The number of aromatic carboxylic acids is 1. The first-order valence-corrected chi connectivity index (χ1v) is 5.27. The molecule has 0 fully saturated rings. The van der Waals surface area contributed by atoms with Gasteiger partial charge in [0.25, 0.3) is 0 Å². The summed E-state index contributed by atoms with van der Waals surface area (Å²) in [5.41, 5.74) is 1.47. The first-order chi connectivity index (χ1) is 8.13. The number of hydrogen-bond acceptors (Lipinski definition) is 4. The van der Waals surface area contributed by atoms with E-state index in [0.29, 0.717) is 17.9 Å². The van der Waals surface area contributed by atoms with Crippen molar-refractivity contribution in [1.82, 2.24) is 9.97 Å². The lowest BCUT2D eigenvalue weighted by Gasteiger charge is -2.04. The van der Waals surface area contributed by atoms with Gasteiger partial charge in [-0.05, 0) is 19.4 Å². The maximum atomic E-state index is 10.9. The summed E-state index contributed by atoms with van der Waals surface area (Å²) in [6.07, 6.45) is 3.45. The average Bonchev–Trinajstić information content (AvgIpc) is 2.74. The van der Waals surface area contributed by atoms with Gasteiger partial charge in [-0.15, -0.1) is 0 Å². The van der Waals surface area contributed by atoms with Crippen molar-refractivity contribution in [3.8, 4) is 11.4 Å². The van der Waals surface area contributed by atoms with E-state index in [-0.39, 0.29) is 5.56 Å². The second kappa shape index (κ2) is 4.37. The van der Waals surface area contributed by atoms with Gasteiger partial charge in [-0.25, -0.2) is 14.8 Å². The molecule has 2 aromatic rings. The van der Waals surface area contributed by atoms with Crippen LogP contribution in [0.15, 0.2) is 22.9 Å². The Balaban J connectivity index is 2.52. The van der Waals surface area contributed by atoms with Crippen molar-refractivity contribution in [1.29, 1.82) is 0 Å². The van der Waals surface area contributed by atoms with E-state index in [1.165, 1.54) is 6.20 Å². The van der Waals surface area contributed by atoms with E-state index >= 15 is 0 Å². The molecule has 0 spiro atoms. The summed E-state index contributed by atoms with van der Waals surface area (Å²) in [6, 6.07) is 1.77. The van der Waals surface area contributed by atoms with Gasteiger partial charge < -0.3 is 9.52 Å². The lowest BCUT2D eigenvalue weighted by atomic mass is 10.1. The van der Waals surface area contributed by atoms with E-state index in [2.05, 4.69) is 9.97 Å². The van der Waals surface area contributed by atoms with Crippen LogP contribution in [0.4, 0.5) is 0 Å². The van der Waals surface area contributed by atoms with Crippen molar-refractivity contribution >= 4 is 5.97 Å². The molecule has 88 valence electrons. The number of rotatable bonds is 3. The van der Waals surface area contributed by atoms with Crippen LogP contribution in [0.5, 0.6) is 0 Å². The van der Waals surface area contributed by atoms with Gasteiger partial charge in [-0.3, -0.25) is 0 Å². The van der Waals surface area contributed by atoms with E-state index < -0.39 is 5.97 Å². The lowest BCUT2D eigenvalue weighted by Crippen LogP contribution is -2.06. The summed E-state index contributed by atoms with van der Waals surface area (Å²) in [5, 5.41) is 8.97. The van der Waals surface area contributed by atoms with E-state index in [1.54, 1.807) is 12.3 Å². The van der Waals surface area contributed by atoms with Gasteiger partial charge in [0.05, 0.1) is 23.1 Å². The molecule has 0 saturated carbocycles. The van der Waals surface area contributed by atoms with Gasteiger partial charge >= 0.3 is 5.97 Å². The number of hydrogen-bond donors (Lipinski definition) is 1. The zero-order chi connectivity index (χ0) is 12.4. The molecule has 0 amide bonds. The summed E-state index contributed by atoms with van der Waals surface area (Å²) < 4.78 is 5.17. The third kappa shape index (κ3) is 2.04. The monoisotopic (exact) mass is 232 g/mol. The third-order valence-electron chi connectivity index (χ3n) is 2.53. The highest BCUT2D eigenvalue weighted by Crippen LogP contribution is 2.21. The SMILES string of the molecule is CCc1nc(-c2ccoc2C)ncc1C(=O)O. The third-order valence-corrected chi connectivity index (χ3v) is 2.53. The summed E-state index contributed by atoms with van der Waals surface area (Å²) in [4.78, 5) is 19.3. The van der Waals surface area contributed by atoms with Crippen molar-refractivity contribution in [2.24, 2.45) is 0 Å². The van der Waals surface area contributed by atoms with Crippen LogP contribution in [0.2, 0.25) is 0 Å². The van der Waals surface area contributed by atoms with Gasteiger partial charge in [0.15, 0.2) is 5.82 Å². The Morgan fingerprint density at radius 1 is 1.53 bits per heavy atom. The number of carbonyl (C=O) groups is 1. The number of aromatic nitrogens is 2. The lowest BCUT2D eigenvalue weighted by molar-refractivity contribution is 0.0694. The molecule has 0 aliphatic rings. The van der Waals surface area contributed by atoms with Crippen LogP contribution in [0.25, 0.3) is 11.4 Å². The van der Waals surface area contributed by atoms with Gasteiger partial charge in [-0.2, -0.15) is 0 Å². The Bertz CT molecular complexity index is 561. The quantitative estimate of drug-likeness (QED) is 0.878.